The molecule has 0 fully saturated rings. The first-order chi connectivity index (χ1) is 14.5. The summed E-state index contributed by atoms with van der Waals surface area (Å²) in [6, 6.07) is 15.0. The largest absolute Gasteiger partial charge is 0.435 e. The second kappa shape index (κ2) is 8.42. The number of hydrogen-bond donors (Lipinski definition) is 1. The lowest BCUT2D eigenvalue weighted by Gasteiger charge is -2.09. The Morgan fingerprint density at radius 1 is 1.13 bits per heavy atom. The summed E-state index contributed by atoms with van der Waals surface area (Å²) in [6.07, 6.45) is 1.34. The Labute approximate surface area is 173 Å². The van der Waals surface area contributed by atoms with Crippen LogP contribution in [0.5, 0.6) is 5.75 Å². The molecule has 1 N–H and O–H groups in total. The molecule has 0 aliphatic carbocycles. The van der Waals surface area contributed by atoms with Crippen LogP contribution in [0.3, 0.4) is 0 Å². The Kier molecular flexibility index (Phi) is 5.53. The molecule has 0 saturated carbocycles. The molecule has 0 bridgehead atoms. The fourth-order valence-corrected chi connectivity index (χ4v) is 3.89. The molecule has 0 atom stereocenters. The highest BCUT2D eigenvalue weighted by molar-refractivity contribution is 7.17. The summed E-state index contributed by atoms with van der Waals surface area (Å²) in [5.41, 5.74) is 1.76. The van der Waals surface area contributed by atoms with Crippen LogP contribution in [0.4, 0.5) is 14.5 Å². The number of anilines is 1. The van der Waals surface area contributed by atoms with Gasteiger partial charge in [0, 0.05) is 16.6 Å². The third-order valence-corrected chi connectivity index (χ3v) is 5.21. The molecular weight excluding hydrogens is 412 g/mol. The molecule has 0 aliphatic heterocycles. The highest BCUT2D eigenvalue weighted by Gasteiger charge is 2.15. The Morgan fingerprint density at radius 2 is 1.87 bits per heavy atom. The number of halogens is 2. The zero-order valence-electron chi connectivity index (χ0n) is 15.4. The number of carbonyl (C=O) groups excluding carboxylic acids is 1. The number of thiophene rings is 1. The normalized spacial score (nSPS) is 11.0. The molecule has 2 aromatic heterocycles. The van der Waals surface area contributed by atoms with E-state index in [1.807, 2.05) is 35.7 Å². The molecule has 1 amide bonds. The fraction of sp³-hybridized carbons (Fsp3) is 0.0952. The molecule has 4 rings (SSSR count). The summed E-state index contributed by atoms with van der Waals surface area (Å²) < 4.78 is 29.9. The van der Waals surface area contributed by atoms with Gasteiger partial charge in [0.25, 0.3) is 5.56 Å². The summed E-state index contributed by atoms with van der Waals surface area (Å²) in [7, 11) is 0. The van der Waals surface area contributed by atoms with Crippen LogP contribution in [0.25, 0.3) is 21.3 Å². The van der Waals surface area contributed by atoms with Gasteiger partial charge in [-0.15, -0.1) is 11.3 Å². The second-order valence-corrected chi connectivity index (χ2v) is 7.18. The summed E-state index contributed by atoms with van der Waals surface area (Å²) in [5.74, 6) is -0.461. The van der Waals surface area contributed by atoms with Gasteiger partial charge >= 0.3 is 6.61 Å². The van der Waals surface area contributed by atoms with Gasteiger partial charge in [-0.05, 0) is 29.8 Å². The van der Waals surface area contributed by atoms with Gasteiger partial charge in [0.2, 0.25) is 5.91 Å². The lowest BCUT2D eigenvalue weighted by molar-refractivity contribution is -0.116. The summed E-state index contributed by atoms with van der Waals surface area (Å²) in [4.78, 5) is 30.3. The molecule has 0 spiro atoms. The molecule has 6 nitrogen and oxygen atoms in total. The summed E-state index contributed by atoms with van der Waals surface area (Å²) in [6.45, 7) is -3.15. The maximum Gasteiger partial charge on any atom is 0.387 e. The first-order valence-corrected chi connectivity index (χ1v) is 9.76. The van der Waals surface area contributed by atoms with Crippen molar-refractivity contribution in [3.8, 4) is 16.9 Å². The minimum atomic E-state index is -2.92. The fourth-order valence-electron chi connectivity index (χ4n) is 2.99. The van der Waals surface area contributed by atoms with Crippen LogP contribution in [0.1, 0.15) is 0 Å². The third-order valence-electron chi connectivity index (χ3n) is 4.32. The third kappa shape index (κ3) is 4.20. The van der Waals surface area contributed by atoms with Crippen LogP contribution < -0.4 is 15.6 Å². The van der Waals surface area contributed by atoms with E-state index in [2.05, 4.69) is 15.0 Å². The Bertz CT molecular complexity index is 1240. The van der Waals surface area contributed by atoms with Crippen molar-refractivity contribution in [1.29, 1.82) is 0 Å². The van der Waals surface area contributed by atoms with Gasteiger partial charge in [0.15, 0.2) is 0 Å². The van der Waals surface area contributed by atoms with Crippen LogP contribution in [0.15, 0.2) is 71.1 Å². The molecule has 0 radical (unpaired) electrons. The number of hydrogen-bond acceptors (Lipinski definition) is 5. The molecule has 2 aromatic carbocycles. The smallest absolute Gasteiger partial charge is 0.387 e. The van der Waals surface area contributed by atoms with E-state index in [0.717, 1.165) is 11.1 Å². The zero-order chi connectivity index (χ0) is 21.1. The highest BCUT2D eigenvalue weighted by atomic mass is 32.1. The highest BCUT2D eigenvalue weighted by Crippen LogP contribution is 2.30. The van der Waals surface area contributed by atoms with Gasteiger partial charge in [-0.3, -0.25) is 14.2 Å². The minimum Gasteiger partial charge on any atom is -0.435 e. The average molecular weight is 427 g/mol. The molecule has 0 unspecified atom stereocenters. The van der Waals surface area contributed by atoms with E-state index >= 15 is 0 Å². The number of fused-ring (bicyclic) bond motifs is 1. The van der Waals surface area contributed by atoms with Crippen molar-refractivity contribution in [2.75, 3.05) is 5.32 Å². The van der Waals surface area contributed by atoms with Crippen molar-refractivity contribution in [3.05, 3.63) is 76.7 Å². The predicted octanol–water partition coefficient (Wildman–Crippen LogP) is 4.37. The minimum absolute atomic E-state index is 0.0141. The Balaban J connectivity index is 1.54. The molecule has 0 saturated heterocycles. The van der Waals surface area contributed by atoms with Crippen molar-refractivity contribution < 1.29 is 18.3 Å². The van der Waals surface area contributed by atoms with E-state index in [9.17, 15) is 18.4 Å². The Morgan fingerprint density at radius 3 is 2.57 bits per heavy atom. The van der Waals surface area contributed by atoms with Gasteiger partial charge < -0.3 is 10.1 Å². The van der Waals surface area contributed by atoms with Crippen LogP contribution >= 0.6 is 11.3 Å². The Hall–Kier alpha value is -3.59. The van der Waals surface area contributed by atoms with Crippen molar-refractivity contribution in [3.63, 3.8) is 0 Å². The van der Waals surface area contributed by atoms with Gasteiger partial charge in [-0.25, -0.2) is 4.98 Å². The predicted molar refractivity (Wildman–Crippen MR) is 111 cm³/mol. The number of benzene rings is 2. The van der Waals surface area contributed by atoms with E-state index in [1.165, 1.54) is 46.5 Å². The summed E-state index contributed by atoms with van der Waals surface area (Å²) in [5, 5.41) is 4.96. The number of carbonyl (C=O) groups is 1. The molecule has 0 aliphatic rings. The van der Waals surface area contributed by atoms with Crippen molar-refractivity contribution >= 4 is 33.1 Å². The molecular formula is C21H15F2N3O3S. The maximum atomic E-state index is 13.0. The number of nitrogens with zero attached hydrogens (tertiary/aromatic N) is 2. The van der Waals surface area contributed by atoms with Gasteiger partial charge in [-0.2, -0.15) is 8.78 Å². The summed E-state index contributed by atoms with van der Waals surface area (Å²) >= 11 is 1.37. The van der Waals surface area contributed by atoms with Crippen molar-refractivity contribution in [2.45, 2.75) is 13.2 Å². The van der Waals surface area contributed by atoms with Crippen molar-refractivity contribution in [2.24, 2.45) is 0 Å². The standard InChI is InChI=1S/C21H15F2N3O3S/c22-21(23)29-15-8-6-14(7-9-15)25-17(27)10-26-12-24-19-18(20(26)28)16(11-30-19)13-4-2-1-3-5-13/h1-9,11-12,21H,10H2,(H,25,27). The van der Waals surface area contributed by atoms with E-state index in [-0.39, 0.29) is 17.9 Å². The number of rotatable bonds is 6. The topological polar surface area (TPSA) is 73.2 Å². The number of amides is 1. The van der Waals surface area contributed by atoms with Gasteiger partial charge in [0.1, 0.15) is 17.1 Å². The number of ether oxygens (including phenoxy) is 1. The van der Waals surface area contributed by atoms with Crippen LogP contribution in [0.2, 0.25) is 0 Å². The quantitative estimate of drug-likeness (QED) is 0.496. The van der Waals surface area contributed by atoms with Crippen LogP contribution in [0, 0.1) is 0 Å². The van der Waals surface area contributed by atoms with E-state index < -0.39 is 12.5 Å². The number of nitrogens with one attached hydrogen (secondary N) is 1. The van der Waals surface area contributed by atoms with Gasteiger partial charge in [0.05, 0.1) is 11.7 Å². The number of aromatic nitrogens is 2. The van der Waals surface area contributed by atoms with E-state index in [0.29, 0.717) is 15.9 Å². The molecule has 4 aromatic rings. The molecule has 2 heterocycles. The lowest BCUT2D eigenvalue weighted by atomic mass is 10.1. The first kappa shape index (κ1) is 19.7. The number of alkyl halides is 2. The monoisotopic (exact) mass is 427 g/mol. The lowest BCUT2D eigenvalue weighted by Crippen LogP contribution is -2.27. The SMILES string of the molecule is O=C(Cn1cnc2scc(-c3ccccc3)c2c1=O)Nc1ccc(OC(F)F)cc1. The average Bonchev–Trinajstić information content (AvgIpc) is 3.17. The van der Waals surface area contributed by atoms with Gasteiger partial charge in [-0.1, -0.05) is 30.3 Å². The molecule has 30 heavy (non-hydrogen) atoms. The van der Waals surface area contributed by atoms with Crippen LogP contribution in [-0.2, 0) is 11.3 Å². The first-order valence-electron chi connectivity index (χ1n) is 8.88. The zero-order valence-corrected chi connectivity index (χ0v) is 16.2. The van der Waals surface area contributed by atoms with E-state index in [1.54, 1.807) is 0 Å². The van der Waals surface area contributed by atoms with Crippen LogP contribution in [-0.4, -0.2) is 22.1 Å². The molecule has 9 heteroatoms. The molecule has 152 valence electrons. The maximum absolute atomic E-state index is 13.0. The van der Waals surface area contributed by atoms with E-state index in [4.69, 9.17) is 0 Å². The van der Waals surface area contributed by atoms with Crippen molar-refractivity contribution in [1.82, 2.24) is 9.55 Å². The second-order valence-electron chi connectivity index (χ2n) is 6.32.